The van der Waals surface area contributed by atoms with Gasteiger partial charge in [-0.15, -0.1) is 0 Å². The van der Waals surface area contributed by atoms with Crippen molar-refractivity contribution in [3.05, 3.63) is 88.5 Å². The van der Waals surface area contributed by atoms with Crippen LogP contribution in [-0.2, 0) is 6.42 Å². The van der Waals surface area contributed by atoms with E-state index in [1.54, 1.807) is 30.3 Å². The van der Waals surface area contributed by atoms with Crippen LogP contribution in [0.3, 0.4) is 0 Å². The lowest BCUT2D eigenvalue weighted by atomic mass is 9.67. The van der Waals surface area contributed by atoms with Crippen LogP contribution in [0.25, 0.3) is 11.8 Å². The number of nitriles is 1. The number of benzene rings is 2. The van der Waals surface area contributed by atoms with Crippen molar-refractivity contribution in [1.29, 1.82) is 5.26 Å². The molecule has 0 bridgehead atoms. The highest BCUT2D eigenvalue weighted by molar-refractivity contribution is 5.64. The Bertz CT molecular complexity index is 1320. The SMILES string of the molecule is C[C@]12Cc3cnn(-c4ccc(F)cc4)c3C=C1CCC2(O)C#Cc1ccccc1C#N. The van der Waals surface area contributed by atoms with E-state index in [-0.39, 0.29) is 5.82 Å². The highest BCUT2D eigenvalue weighted by Gasteiger charge is 2.54. The van der Waals surface area contributed by atoms with Gasteiger partial charge in [0.25, 0.3) is 0 Å². The summed E-state index contributed by atoms with van der Waals surface area (Å²) < 4.78 is 15.1. The number of rotatable bonds is 1. The molecule has 2 atom stereocenters. The number of hydrogen-bond acceptors (Lipinski definition) is 3. The van der Waals surface area contributed by atoms with E-state index in [0.717, 1.165) is 28.9 Å². The molecule has 1 aromatic heterocycles. The summed E-state index contributed by atoms with van der Waals surface area (Å²) in [6.07, 6.45) is 5.79. The van der Waals surface area contributed by atoms with E-state index >= 15 is 0 Å². The monoisotopic (exact) mass is 409 g/mol. The Morgan fingerprint density at radius 1 is 1.13 bits per heavy atom. The maximum Gasteiger partial charge on any atom is 0.135 e. The van der Waals surface area contributed by atoms with Gasteiger partial charge in [0.05, 0.1) is 23.1 Å². The summed E-state index contributed by atoms with van der Waals surface area (Å²) in [4.78, 5) is 0. The van der Waals surface area contributed by atoms with Crippen molar-refractivity contribution in [2.24, 2.45) is 5.41 Å². The molecular weight excluding hydrogens is 389 g/mol. The largest absolute Gasteiger partial charge is 0.377 e. The standard InChI is InChI=1S/C26H20FN3O/c1-25-15-20-17-29-30(23-8-6-22(27)7-9-23)24(20)14-21(25)11-13-26(25,31)12-10-18-4-2-3-5-19(18)16-28/h2-9,14,17,31H,11,13,15H2,1H3/t25-,26?/m0/s1. The second-order valence-electron chi connectivity index (χ2n) is 8.39. The van der Waals surface area contributed by atoms with Crippen molar-refractivity contribution in [3.8, 4) is 23.6 Å². The Morgan fingerprint density at radius 2 is 1.87 bits per heavy atom. The van der Waals surface area contributed by atoms with Crippen molar-refractivity contribution in [3.63, 3.8) is 0 Å². The van der Waals surface area contributed by atoms with Gasteiger partial charge in [0.2, 0.25) is 0 Å². The Kier molecular flexibility index (Phi) is 4.32. The van der Waals surface area contributed by atoms with Crippen molar-refractivity contribution >= 4 is 6.08 Å². The van der Waals surface area contributed by atoms with E-state index in [1.807, 2.05) is 16.9 Å². The zero-order valence-electron chi connectivity index (χ0n) is 17.1. The first-order valence-electron chi connectivity index (χ1n) is 10.2. The van der Waals surface area contributed by atoms with E-state index in [4.69, 9.17) is 0 Å². The molecule has 5 rings (SSSR count). The van der Waals surface area contributed by atoms with Gasteiger partial charge in [0.15, 0.2) is 0 Å². The molecule has 1 heterocycles. The Balaban J connectivity index is 1.53. The van der Waals surface area contributed by atoms with Gasteiger partial charge in [0, 0.05) is 11.0 Å². The summed E-state index contributed by atoms with van der Waals surface area (Å²) in [5.74, 6) is 5.88. The summed E-state index contributed by atoms with van der Waals surface area (Å²) in [6.45, 7) is 2.05. The number of aliphatic hydroxyl groups is 1. The molecule has 1 N–H and O–H groups in total. The van der Waals surface area contributed by atoms with Crippen molar-refractivity contribution in [2.75, 3.05) is 0 Å². The lowest BCUT2D eigenvalue weighted by Gasteiger charge is -2.39. The number of aromatic nitrogens is 2. The van der Waals surface area contributed by atoms with Gasteiger partial charge in [-0.1, -0.05) is 36.5 Å². The minimum absolute atomic E-state index is 0.284. The van der Waals surface area contributed by atoms with Gasteiger partial charge in [-0.2, -0.15) is 10.4 Å². The molecule has 0 aliphatic heterocycles. The maximum atomic E-state index is 13.3. The van der Waals surface area contributed by atoms with Crippen molar-refractivity contribution in [2.45, 2.75) is 31.8 Å². The molecule has 31 heavy (non-hydrogen) atoms. The van der Waals surface area contributed by atoms with Crippen LogP contribution in [0.4, 0.5) is 4.39 Å². The van der Waals surface area contributed by atoms with E-state index in [1.165, 1.54) is 12.1 Å². The van der Waals surface area contributed by atoms with Gasteiger partial charge in [-0.25, -0.2) is 9.07 Å². The molecule has 0 amide bonds. The van der Waals surface area contributed by atoms with Gasteiger partial charge in [-0.3, -0.25) is 0 Å². The van der Waals surface area contributed by atoms with Crippen molar-refractivity contribution < 1.29 is 9.50 Å². The quantitative estimate of drug-likeness (QED) is 0.606. The Morgan fingerprint density at radius 3 is 2.61 bits per heavy atom. The molecule has 3 aromatic rings. The van der Waals surface area contributed by atoms with Crippen LogP contribution in [0.1, 0.15) is 42.1 Å². The fourth-order valence-electron chi connectivity index (χ4n) is 4.70. The van der Waals surface area contributed by atoms with Crippen LogP contribution in [-0.4, -0.2) is 20.5 Å². The molecule has 5 heteroatoms. The van der Waals surface area contributed by atoms with Gasteiger partial charge in [-0.05, 0) is 67.3 Å². The third kappa shape index (κ3) is 2.98. The Hall–Kier alpha value is -3.67. The fourth-order valence-corrected chi connectivity index (χ4v) is 4.70. The van der Waals surface area contributed by atoms with Gasteiger partial charge < -0.3 is 5.11 Å². The molecule has 1 unspecified atom stereocenters. The predicted molar refractivity (Wildman–Crippen MR) is 116 cm³/mol. The lowest BCUT2D eigenvalue weighted by Crippen LogP contribution is -2.44. The normalized spacial score (nSPS) is 23.7. The summed E-state index contributed by atoms with van der Waals surface area (Å²) in [6, 6.07) is 15.6. The molecule has 152 valence electrons. The van der Waals surface area contributed by atoms with E-state index in [9.17, 15) is 14.8 Å². The number of halogens is 1. The minimum Gasteiger partial charge on any atom is -0.377 e. The topological polar surface area (TPSA) is 61.8 Å². The van der Waals surface area contributed by atoms with Crippen LogP contribution >= 0.6 is 0 Å². The van der Waals surface area contributed by atoms with E-state index in [2.05, 4.69) is 36.0 Å². The van der Waals surface area contributed by atoms with Crippen LogP contribution in [0.5, 0.6) is 0 Å². The number of fused-ring (bicyclic) bond motifs is 2. The van der Waals surface area contributed by atoms with Crippen LogP contribution in [0, 0.1) is 34.4 Å². The van der Waals surface area contributed by atoms with Gasteiger partial charge in [0.1, 0.15) is 17.5 Å². The lowest BCUT2D eigenvalue weighted by molar-refractivity contribution is 0.0153. The van der Waals surface area contributed by atoms with Crippen molar-refractivity contribution in [1.82, 2.24) is 9.78 Å². The van der Waals surface area contributed by atoms with Gasteiger partial charge >= 0.3 is 0 Å². The third-order valence-electron chi connectivity index (χ3n) is 6.64. The first-order chi connectivity index (χ1) is 14.9. The molecule has 2 aromatic carbocycles. The number of hydrogen-bond donors (Lipinski definition) is 1. The van der Waals surface area contributed by atoms with E-state index < -0.39 is 11.0 Å². The third-order valence-corrected chi connectivity index (χ3v) is 6.64. The number of nitrogens with zero attached hydrogens (tertiary/aromatic N) is 3. The highest BCUT2D eigenvalue weighted by Crippen LogP contribution is 2.55. The zero-order valence-corrected chi connectivity index (χ0v) is 17.1. The molecule has 2 aliphatic rings. The van der Waals surface area contributed by atoms with Crippen LogP contribution in [0.15, 0.2) is 60.3 Å². The summed E-state index contributed by atoms with van der Waals surface area (Å²) >= 11 is 0. The molecular formula is C26H20FN3O. The van der Waals surface area contributed by atoms with Crippen LogP contribution < -0.4 is 0 Å². The average molecular weight is 409 g/mol. The summed E-state index contributed by atoms with van der Waals surface area (Å²) in [7, 11) is 0. The smallest absolute Gasteiger partial charge is 0.135 e. The second kappa shape index (κ2) is 6.94. The molecule has 0 radical (unpaired) electrons. The molecule has 0 spiro atoms. The maximum absolute atomic E-state index is 13.3. The van der Waals surface area contributed by atoms with Crippen LogP contribution in [0.2, 0.25) is 0 Å². The predicted octanol–water partition coefficient (Wildman–Crippen LogP) is 4.41. The first kappa shape index (κ1) is 19.3. The second-order valence-corrected chi connectivity index (χ2v) is 8.39. The molecule has 4 nitrogen and oxygen atoms in total. The molecule has 1 fully saturated rings. The molecule has 2 aliphatic carbocycles. The summed E-state index contributed by atoms with van der Waals surface area (Å²) in [5.41, 5.74) is 3.31. The molecule has 0 saturated heterocycles. The molecule has 1 saturated carbocycles. The minimum atomic E-state index is -1.20. The first-order valence-corrected chi connectivity index (χ1v) is 10.2. The summed E-state index contributed by atoms with van der Waals surface area (Å²) in [5, 5.41) is 25.4. The average Bonchev–Trinajstić information content (AvgIpc) is 3.29. The fraction of sp³-hybridized carbons (Fsp3) is 0.231. The highest BCUT2D eigenvalue weighted by atomic mass is 19.1. The Labute approximate surface area is 180 Å². The van der Waals surface area contributed by atoms with E-state index in [0.29, 0.717) is 24.0 Å². The zero-order chi connectivity index (χ0) is 21.6.